The molecule has 5 nitrogen and oxygen atoms in total. The third-order valence-corrected chi connectivity index (χ3v) is 2.74. The Labute approximate surface area is 133 Å². The number of hydrogen-bond donors (Lipinski definition) is 2. The molecule has 23 heavy (non-hydrogen) atoms. The number of ether oxygens (including phenoxy) is 1. The Morgan fingerprint density at radius 1 is 1.30 bits per heavy atom. The predicted octanol–water partition coefficient (Wildman–Crippen LogP) is 1.90. The third kappa shape index (κ3) is 8.41. The van der Waals surface area contributed by atoms with Crippen LogP contribution in [0.4, 0.5) is 13.2 Å². The quantitative estimate of drug-likeness (QED) is 0.800. The van der Waals surface area contributed by atoms with Crippen molar-refractivity contribution in [3.8, 4) is 5.75 Å². The van der Waals surface area contributed by atoms with Crippen molar-refractivity contribution in [2.75, 3.05) is 20.1 Å². The molecular formula is C15H21F3N2O3. The zero-order valence-electron chi connectivity index (χ0n) is 13.3. The van der Waals surface area contributed by atoms with Crippen LogP contribution in [0.15, 0.2) is 24.3 Å². The van der Waals surface area contributed by atoms with Crippen LogP contribution in [0.25, 0.3) is 0 Å². The maximum atomic E-state index is 12.3. The first-order valence-corrected chi connectivity index (χ1v) is 6.97. The van der Waals surface area contributed by atoms with Gasteiger partial charge >= 0.3 is 6.36 Å². The van der Waals surface area contributed by atoms with Crippen molar-refractivity contribution in [1.29, 1.82) is 0 Å². The highest BCUT2D eigenvalue weighted by atomic mass is 19.4. The number of likely N-dealkylation sites (N-methyl/N-ethyl adjacent to an activating group) is 1. The van der Waals surface area contributed by atoms with Gasteiger partial charge in [0.05, 0.1) is 12.1 Å². The number of rotatable bonds is 7. The standard InChI is InChI=1S/C15H21F3N2O3/c1-14(2,22)10-20(3)9-13(21)19-8-11-6-4-5-7-12(11)23-15(16,17)18/h4-7,22H,8-10H2,1-3H3,(H,19,21). The van der Waals surface area contributed by atoms with Crippen LogP contribution in [0.1, 0.15) is 19.4 Å². The number of carbonyl (C=O) groups is 1. The van der Waals surface area contributed by atoms with Crippen molar-refractivity contribution in [2.45, 2.75) is 32.4 Å². The molecule has 0 saturated carbocycles. The van der Waals surface area contributed by atoms with Gasteiger partial charge in [0.15, 0.2) is 0 Å². The highest BCUT2D eigenvalue weighted by molar-refractivity contribution is 5.78. The molecule has 0 aliphatic rings. The zero-order chi connectivity index (χ0) is 17.7. The normalized spacial score (nSPS) is 12.3. The topological polar surface area (TPSA) is 61.8 Å². The molecule has 0 spiro atoms. The molecule has 0 saturated heterocycles. The van der Waals surface area contributed by atoms with Crippen LogP contribution < -0.4 is 10.1 Å². The van der Waals surface area contributed by atoms with E-state index in [0.717, 1.165) is 0 Å². The second-order valence-electron chi connectivity index (χ2n) is 5.92. The molecule has 8 heteroatoms. The van der Waals surface area contributed by atoms with Gasteiger partial charge in [-0.3, -0.25) is 9.69 Å². The fourth-order valence-electron chi connectivity index (χ4n) is 2.09. The van der Waals surface area contributed by atoms with E-state index < -0.39 is 12.0 Å². The van der Waals surface area contributed by atoms with Gasteiger partial charge in [-0.25, -0.2) is 0 Å². The van der Waals surface area contributed by atoms with Gasteiger partial charge < -0.3 is 15.2 Å². The average molecular weight is 334 g/mol. The van der Waals surface area contributed by atoms with Gasteiger partial charge in [0.1, 0.15) is 5.75 Å². The first-order chi connectivity index (χ1) is 10.5. The summed E-state index contributed by atoms with van der Waals surface area (Å²) in [6, 6.07) is 5.62. The molecule has 1 amide bonds. The van der Waals surface area contributed by atoms with E-state index in [9.17, 15) is 23.1 Å². The van der Waals surface area contributed by atoms with Crippen LogP contribution in [0, 0.1) is 0 Å². The predicted molar refractivity (Wildman–Crippen MR) is 78.8 cm³/mol. The summed E-state index contributed by atoms with van der Waals surface area (Å²) in [4.78, 5) is 13.4. The molecule has 1 aromatic rings. The number of aliphatic hydroxyl groups is 1. The Kier molecular flexibility index (Phi) is 6.40. The van der Waals surface area contributed by atoms with E-state index >= 15 is 0 Å². The maximum absolute atomic E-state index is 12.3. The molecule has 1 aromatic carbocycles. The third-order valence-electron chi connectivity index (χ3n) is 2.74. The summed E-state index contributed by atoms with van der Waals surface area (Å²) < 4.78 is 40.8. The summed E-state index contributed by atoms with van der Waals surface area (Å²) >= 11 is 0. The van der Waals surface area contributed by atoms with Crippen LogP contribution in [-0.2, 0) is 11.3 Å². The van der Waals surface area contributed by atoms with E-state index in [1.165, 1.54) is 18.2 Å². The van der Waals surface area contributed by atoms with Gasteiger partial charge in [0, 0.05) is 18.7 Å². The van der Waals surface area contributed by atoms with E-state index in [-0.39, 0.29) is 36.9 Å². The molecule has 130 valence electrons. The lowest BCUT2D eigenvalue weighted by atomic mass is 10.1. The summed E-state index contributed by atoms with van der Waals surface area (Å²) in [7, 11) is 1.66. The maximum Gasteiger partial charge on any atom is 0.573 e. The van der Waals surface area contributed by atoms with E-state index in [4.69, 9.17) is 0 Å². The monoisotopic (exact) mass is 334 g/mol. The van der Waals surface area contributed by atoms with Crippen molar-refractivity contribution < 1.29 is 27.8 Å². The molecule has 0 bridgehead atoms. The number of amides is 1. The Hall–Kier alpha value is -1.80. The largest absolute Gasteiger partial charge is 0.573 e. The van der Waals surface area contributed by atoms with Gasteiger partial charge in [0.25, 0.3) is 0 Å². The van der Waals surface area contributed by atoms with Gasteiger partial charge in [-0.1, -0.05) is 18.2 Å². The van der Waals surface area contributed by atoms with Crippen LogP contribution >= 0.6 is 0 Å². The Bertz CT molecular complexity index is 527. The summed E-state index contributed by atoms with van der Waals surface area (Å²) in [6.45, 7) is 3.46. The minimum Gasteiger partial charge on any atom is -0.405 e. The summed E-state index contributed by atoms with van der Waals surface area (Å²) in [5.74, 6) is -0.705. The number of hydrogen-bond acceptors (Lipinski definition) is 4. The molecule has 0 heterocycles. The SMILES string of the molecule is CN(CC(=O)NCc1ccccc1OC(F)(F)F)CC(C)(C)O. The molecule has 0 aliphatic heterocycles. The molecule has 0 aromatic heterocycles. The van der Waals surface area contributed by atoms with Gasteiger partial charge in [-0.2, -0.15) is 0 Å². The number of nitrogens with zero attached hydrogens (tertiary/aromatic N) is 1. The minimum atomic E-state index is -4.78. The van der Waals surface area contributed by atoms with Crippen molar-refractivity contribution in [1.82, 2.24) is 10.2 Å². The molecule has 0 unspecified atom stereocenters. The van der Waals surface area contributed by atoms with Crippen molar-refractivity contribution in [3.05, 3.63) is 29.8 Å². The number of carbonyl (C=O) groups excluding carboxylic acids is 1. The van der Waals surface area contributed by atoms with Crippen molar-refractivity contribution in [2.24, 2.45) is 0 Å². The lowest BCUT2D eigenvalue weighted by Crippen LogP contribution is -2.41. The Morgan fingerprint density at radius 2 is 1.91 bits per heavy atom. The first-order valence-electron chi connectivity index (χ1n) is 6.97. The lowest BCUT2D eigenvalue weighted by Gasteiger charge is -2.24. The van der Waals surface area contributed by atoms with E-state index in [1.807, 2.05) is 0 Å². The molecule has 0 atom stereocenters. The molecular weight excluding hydrogens is 313 g/mol. The van der Waals surface area contributed by atoms with E-state index in [1.54, 1.807) is 31.9 Å². The Balaban J connectivity index is 2.56. The first kappa shape index (κ1) is 19.2. The van der Waals surface area contributed by atoms with Crippen molar-refractivity contribution in [3.63, 3.8) is 0 Å². The number of halogens is 3. The second kappa shape index (κ2) is 7.65. The number of para-hydroxylation sites is 1. The number of benzene rings is 1. The molecule has 0 radical (unpaired) electrons. The fourth-order valence-corrected chi connectivity index (χ4v) is 2.09. The van der Waals surface area contributed by atoms with E-state index in [2.05, 4.69) is 10.1 Å². The van der Waals surface area contributed by atoms with Crippen LogP contribution in [-0.4, -0.2) is 48.0 Å². The summed E-state index contributed by atoms with van der Waals surface area (Å²) in [5.41, 5.74) is -0.717. The summed E-state index contributed by atoms with van der Waals surface area (Å²) in [6.07, 6.45) is -4.78. The van der Waals surface area contributed by atoms with Crippen LogP contribution in [0.5, 0.6) is 5.75 Å². The average Bonchev–Trinajstić information content (AvgIpc) is 2.33. The number of alkyl halides is 3. The highest BCUT2D eigenvalue weighted by Crippen LogP contribution is 2.26. The Morgan fingerprint density at radius 3 is 2.48 bits per heavy atom. The van der Waals surface area contributed by atoms with Gasteiger partial charge in [-0.05, 0) is 27.0 Å². The molecule has 2 N–H and O–H groups in total. The lowest BCUT2D eigenvalue weighted by molar-refractivity contribution is -0.274. The van der Waals surface area contributed by atoms with Gasteiger partial charge in [0.2, 0.25) is 5.91 Å². The minimum absolute atomic E-state index is 0.0201. The van der Waals surface area contributed by atoms with Gasteiger partial charge in [-0.15, -0.1) is 13.2 Å². The van der Waals surface area contributed by atoms with Crippen LogP contribution in [0.3, 0.4) is 0 Å². The second-order valence-corrected chi connectivity index (χ2v) is 5.92. The van der Waals surface area contributed by atoms with Crippen molar-refractivity contribution >= 4 is 5.91 Å². The smallest absolute Gasteiger partial charge is 0.405 e. The van der Waals surface area contributed by atoms with E-state index in [0.29, 0.717) is 0 Å². The molecule has 0 fully saturated rings. The number of nitrogens with one attached hydrogen (secondary N) is 1. The summed E-state index contributed by atoms with van der Waals surface area (Å²) in [5, 5.41) is 12.2. The van der Waals surface area contributed by atoms with Crippen LogP contribution in [0.2, 0.25) is 0 Å². The molecule has 0 aliphatic carbocycles. The zero-order valence-corrected chi connectivity index (χ0v) is 13.3. The molecule has 1 rings (SSSR count). The fraction of sp³-hybridized carbons (Fsp3) is 0.533. The highest BCUT2D eigenvalue weighted by Gasteiger charge is 2.32.